The molecule has 24 heavy (non-hydrogen) atoms. The summed E-state index contributed by atoms with van der Waals surface area (Å²) in [6.45, 7) is 4.33. The number of hydrogen-bond acceptors (Lipinski definition) is 2. The van der Waals surface area contributed by atoms with Crippen molar-refractivity contribution in [1.82, 2.24) is 4.98 Å². The zero-order chi connectivity index (χ0) is 17.1. The number of para-hydroxylation sites is 1. The zero-order valence-corrected chi connectivity index (χ0v) is 13.8. The summed E-state index contributed by atoms with van der Waals surface area (Å²) in [4.78, 5) is 27.1. The summed E-state index contributed by atoms with van der Waals surface area (Å²) < 4.78 is 0. The fraction of sp³-hybridized carbons (Fsp3) is 0.200. The van der Waals surface area contributed by atoms with Crippen LogP contribution in [0.1, 0.15) is 42.1 Å². The highest BCUT2D eigenvalue weighted by molar-refractivity contribution is 6.12. The van der Waals surface area contributed by atoms with Crippen molar-refractivity contribution in [2.75, 3.05) is 5.32 Å². The molecule has 0 saturated heterocycles. The smallest absolute Gasteiger partial charge is 0.256 e. The molecule has 1 aromatic heterocycles. The van der Waals surface area contributed by atoms with E-state index in [1.807, 2.05) is 42.5 Å². The van der Waals surface area contributed by atoms with Crippen LogP contribution in [-0.2, 0) is 0 Å². The molecule has 0 fully saturated rings. The lowest BCUT2D eigenvalue weighted by molar-refractivity contribution is 0.102. The Bertz CT molecular complexity index is 926. The number of pyridine rings is 1. The maximum absolute atomic E-state index is 12.6. The van der Waals surface area contributed by atoms with Crippen LogP contribution in [0.25, 0.3) is 10.9 Å². The normalized spacial score (nSPS) is 12.1. The van der Waals surface area contributed by atoms with E-state index in [2.05, 4.69) is 24.1 Å². The number of nitrogens with one attached hydrogen (secondary N) is 2. The summed E-state index contributed by atoms with van der Waals surface area (Å²) in [6.07, 6.45) is 1.07. The molecule has 3 aromatic rings. The molecule has 4 heteroatoms. The van der Waals surface area contributed by atoms with Gasteiger partial charge in [-0.05, 0) is 36.1 Å². The van der Waals surface area contributed by atoms with Crippen LogP contribution < -0.4 is 10.9 Å². The minimum absolute atomic E-state index is 0.284. The van der Waals surface area contributed by atoms with Gasteiger partial charge in [0.05, 0.1) is 5.56 Å². The molecule has 1 unspecified atom stereocenters. The van der Waals surface area contributed by atoms with Crippen molar-refractivity contribution in [2.24, 2.45) is 0 Å². The van der Waals surface area contributed by atoms with E-state index in [0.29, 0.717) is 17.0 Å². The van der Waals surface area contributed by atoms with Crippen molar-refractivity contribution in [2.45, 2.75) is 26.2 Å². The molecule has 1 amide bonds. The lowest BCUT2D eigenvalue weighted by Gasteiger charge is -2.11. The second kappa shape index (κ2) is 6.71. The molecule has 0 radical (unpaired) electrons. The Morgan fingerprint density at radius 3 is 2.54 bits per heavy atom. The van der Waals surface area contributed by atoms with Crippen molar-refractivity contribution in [3.8, 4) is 0 Å². The lowest BCUT2D eigenvalue weighted by atomic mass is 9.98. The van der Waals surface area contributed by atoms with Gasteiger partial charge in [-0.15, -0.1) is 0 Å². The van der Waals surface area contributed by atoms with E-state index in [0.717, 1.165) is 17.5 Å². The summed E-state index contributed by atoms with van der Waals surface area (Å²) in [5.74, 6) is 0.208. The molecule has 122 valence electrons. The van der Waals surface area contributed by atoms with Gasteiger partial charge in [0.25, 0.3) is 5.91 Å². The van der Waals surface area contributed by atoms with Crippen LogP contribution in [0.5, 0.6) is 0 Å². The number of rotatable bonds is 4. The monoisotopic (exact) mass is 320 g/mol. The Labute approximate surface area is 140 Å². The number of anilines is 1. The van der Waals surface area contributed by atoms with Gasteiger partial charge in [0.15, 0.2) is 0 Å². The van der Waals surface area contributed by atoms with Crippen LogP contribution in [0.15, 0.2) is 59.4 Å². The molecule has 2 aromatic carbocycles. The van der Waals surface area contributed by atoms with E-state index in [1.54, 1.807) is 6.07 Å². The minimum Gasteiger partial charge on any atom is -0.322 e. The predicted molar refractivity (Wildman–Crippen MR) is 97.7 cm³/mol. The molecule has 0 aliphatic carbocycles. The second-order valence-electron chi connectivity index (χ2n) is 5.98. The first-order valence-electron chi connectivity index (χ1n) is 8.12. The van der Waals surface area contributed by atoms with E-state index in [9.17, 15) is 9.59 Å². The maximum atomic E-state index is 12.6. The highest BCUT2D eigenvalue weighted by Crippen LogP contribution is 2.21. The van der Waals surface area contributed by atoms with Gasteiger partial charge in [-0.2, -0.15) is 0 Å². The topological polar surface area (TPSA) is 62.0 Å². The molecule has 0 saturated carbocycles. The number of aromatic nitrogens is 1. The van der Waals surface area contributed by atoms with Crippen molar-refractivity contribution in [1.29, 1.82) is 0 Å². The van der Waals surface area contributed by atoms with E-state index < -0.39 is 0 Å². The van der Waals surface area contributed by atoms with Crippen molar-refractivity contribution in [3.05, 3.63) is 76.1 Å². The SMILES string of the molecule is CCC(C)c1ccc(NC(=O)c2cc(=O)[nH]c3ccccc23)cc1. The quantitative estimate of drug-likeness (QED) is 0.753. The second-order valence-corrected chi connectivity index (χ2v) is 5.98. The fourth-order valence-corrected chi connectivity index (χ4v) is 2.72. The third-order valence-electron chi connectivity index (χ3n) is 4.35. The number of aromatic amines is 1. The largest absolute Gasteiger partial charge is 0.322 e. The molecular weight excluding hydrogens is 300 g/mol. The molecule has 1 heterocycles. The number of carbonyl (C=O) groups excluding carboxylic acids is 1. The van der Waals surface area contributed by atoms with Crippen LogP contribution in [-0.4, -0.2) is 10.9 Å². The minimum atomic E-state index is -0.286. The number of hydrogen-bond donors (Lipinski definition) is 2. The van der Waals surface area contributed by atoms with E-state index >= 15 is 0 Å². The summed E-state index contributed by atoms with van der Waals surface area (Å²) >= 11 is 0. The van der Waals surface area contributed by atoms with Crippen LogP contribution in [0.2, 0.25) is 0 Å². The van der Waals surface area contributed by atoms with Crippen LogP contribution in [0.3, 0.4) is 0 Å². The Morgan fingerprint density at radius 1 is 1.12 bits per heavy atom. The van der Waals surface area contributed by atoms with E-state index in [4.69, 9.17) is 0 Å². The third kappa shape index (κ3) is 3.23. The van der Waals surface area contributed by atoms with Crippen molar-refractivity contribution >= 4 is 22.5 Å². The number of benzene rings is 2. The van der Waals surface area contributed by atoms with Gasteiger partial charge in [0.2, 0.25) is 5.56 Å². The van der Waals surface area contributed by atoms with Crippen molar-refractivity contribution < 1.29 is 4.79 Å². The summed E-state index contributed by atoms with van der Waals surface area (Å²) in [6, 6.07) is 16.5. The van der Waals surface area contributed by atoms with Gasteiger partial charge in [0, 0.05) is 22.7 Å². The van der Waals surface area contributed by atoms with E-state index in [1.165, 1.54) is 11.6 Å². The van der Waals surface area contributed by atoms with E-state index in [-0.39, 0.29) is 11.5 Å². The first-order valence-corrected chi connectivity index (χ1v) is 8.12. The maximum Gasteiger partial charge on any atom is 0.256 e. The number of H-pyrrole nitrogens is 1. The van der Waals surface area contributed by atoms with Crippen LogP contribution in [0.4, 0.5) is 5.69 Å². The molecule has 0 bridgehead atoms. The molecule has 0 aliphatic rings. The Morgan fingerprint density at radius 2 is 1.83 bits per heavy atom. The zero-order valence-electron chi connectivity index (χ0n) is 13.8. The Kier molecular flexibility index (Phi) is 4.47. The van der Waals surface area contributed by atoms with Crippen LogP contribution >= 0.6 is 0 Å². The molecule has 3 rings (SSSR count). The highest BCUT2D eigenvalue weighted by atomic mass is 16.2. The third-order valence-corrected chi connectivity index (χ3v) is 4.35. The van der Waals surface area contributed by atoms with Gasteiger partial charge >= 0.3 is 0 Å². The molecule has 0 aliphatic heterocycles. The molecule has 4 nitrogen and oxygen atoms in total. The summed E-state index contributed by atoms with van der Waals surface area (Å²) in [7, 11) is 0. The molecule has 0 spiro atoms. The Balaban J connectivity index is 1.89. The summed E-state index contributed by atoms with van der Waals surface area (Å²) in [5, 5.41) is 3.60. The van der Waals surface area contributed by atoms with Gasteiger partial charge in [-0.3, -0.25) is 9.59 Å². The summed E-state index contributed by atoms with van der Waals surface area (Å²) in [5.41, 5.74) is 2.71. The molecular formula is C20H20N2O2. The molecule has 2 N–H and O–H groups in total. The highest BCUT2D eigenvalue weighted by Gasteiger charge is 2.12. The fourth-order valence-electron chi connectivity index (χ4n) is 2.72. The predicted octanol–water partition coefficient (Wildman–Crippen LogP) is 4.29. The van der Waals surface area contributed by atoms with Gasteiger partial charge in [-0.1, -0.05) is 44.2 Å². The Hall–Kier alpha value is -2.88. The standard InChI is InChI=1S/C20H20N2O2/c1-3-13(2)14-8-10-15(11-9-14)21-20(24)17-12-19(23)22-18-7-5-4-6-16(17)18/h4-13H,3H2,1-2H3,(H,21,24)(H,22,23). The van der Waals surface area contributed by atoms with Crippen LogP contribution in [0, 0.1) is 0 Å². The average molecular weight is 320 g/mol. The number of amides is 1. The first kappa shape index (κ1) is 16.0. The van der Waals surface area contributed by atoms with Gasteiger partial charge < -0.3 is 10.3 Å². The molecule has 1 atom stereocenters. The number of fused-ring (bicyclic) bond motifs is 1. The average Bonchev–Trinajstić information content (AvgIpc) is 2.60. The lowest BCUT2D eigenvalue weighted by Crippen LogP contribution is -2.16. The van der Waals surface area contributed by atoms with Gasteiger partial charge in [0.1, 0.15) is 0 Å². The van der Waals surface area contributed by atoms with Gasteiger partial charge in [-0.25, -0.2) is 0 Å². The number of carbonyl (C=O) groups is 1. The van der Waals surface area contributed by atoms with Crippen molar-refractivity contribution in [3.63, 3.8) is 0 Å². The first-order chi connectivity index (χ1) is 11.6.